The molecule has 0 amide bonds. The van der Waals surface area contributed by atoms with E-state index < -0.39 is 5.63 Å². The second-order valence-electron chi connectivity index (χ2n) is 5.87. The summed E-state index contributed by atoms with van der Waals surface area (Å²) in [6.45, 7) is 0. The molecule has 5 nitrogen and oxygen atoms in total. The number of ether oxygens (including phenoxy) is 1. The Bertz CT molecular complexity index is 1100. The lowest BCUT2D eigenvalue weighted by molar-refractivity contribution is 0.129. The van der Waals surface area contributed by atoms with Crippen LogP contribution >= 0.6 is 0 Å². The first-order valence-electron chi connectivity index (χ1n) is 7.56. The van der Waals surface area contributed by atoms with Gasteiger partial charge in [-0.25, -0.2) is 4.79 Å². The van der Waals surface area contributed by atoms with Gasteiger partial charge < -0.3 is 9.15 Å². The van der Waals surface area contributed by atoms with Gasteiger partial charge in [-0.15, -0.1) is 4.91 Å². The lowest BCUT2D eigenvalue weighted by Gasteiger charge is -2.04. The topological polar surface area (TPSA) is 68.9 Å². The summed E-state index contributed by atoms with van der Waals surface area (Å²) in [4.78, 5) is 22.9. The van der Waals surface area contributed by atoms with Gasteiger partial charge in [0.25, 0.3) is 0 Å². The van der Waals surface area contributed by atoms with Gasteiger partial charge in [0.15, 0.2) is 0 Å². The third kappa shape index (κ3) is 2.38. The van der Waals surface area contributed by atoms with Crippen molar-refractivity contribution in [2.24, 2.45) is 5.18 Å². The summed E-state index contributed by atoms with van der Waals surface area (Å²) >= 11 is 0. The third-order valence-electron chi connectivity index (χ3n) is 4.33. The zero-order chi connectivity index (χ0) is 16.7. The Balaban J connectivity index is 1.88. The van der Waals surface area contributed by atoms with Crippen molar-refractivity contribution in [1.29, 1.82) is 0 Å². The van der Waals surface area contributed by atoms with Crippen molar-refractivity contribution in [2.75, 3.05) is 7.11 Å². The molecule has 0 bridgehead atoms. The number of nitrogens with zero attached hydrogens (tertiary/aromatic N) is 1. The van der Waals surface area contributed by atoms with Gasteiger partial charge >= 0.3 is 5.63 Å². The molecule has 1 heterocycles. The van der Waals surface area contributed by atoms with E-state index in [4.69, 9.17) is 9.15 Å². The maximum Gasteiger partial charge on any atom is 0.344 e. The number of rotatable bonds is 2. The van der Waals surface area contributed by atoms with Gasteiger partial charge in [-0.05, 0) is 42.3 Å². The van der Waals surface area contributed by atoms with E-state index in [1.807, 2.05) is 12.1 Å². The van der Waals surface area contributed by atoms with Crippen LogP contribution in [0.2, 0.25) is 0 Å². The second-order valence-corrected chi connectivity index (χ2v) is 5.87. The molecule has 2 aromatic carbocycles. The third-order valence-corrected chi connectivity index (χ3v) is 4.33. The van der Waals surface area contributed by atoms with Crippen molar-refractivity contribution in [3.8, 4) is 11.8 Å². The Morgan fingerprint density at radius 2 is 1.92 bits per heavy atom. The zero-order valence-corrected chi connectivity index (χ0v) is 13.0. The van der Waals surface area contributed by atoms with Crippen LogP contribution in [0.5, 0.6) is 0 Å². The average Bonchev–Trinajstić information content (AvgIpc) is 3.40. The Labute approximate surface area is 137 Å². The van der Waals surface area contributed by atoms with Crippen LogP contribution in [0.15, 0.2) is 50.8 Å². The molecule has 3 aromatic rings. The van der Waals surface area contributed by atoms with Gasteiger partial charge in [0.05, 0.1) is 5.39 Å². The monoisotopic (exact) mass is 319 g/mol. The van der Waals surface area contributed by atoms with Gasteiger partial charge in [-0.2, -0.15) is 0 Å². The van der Waals surface area contributed by atoms with Crippen LogP contribution in [0.1, 0.15) is 18.4 Å². The quantitative estimate of drug-likeness (QED) is 0.311. The number of fused-ring (bicyclic) bond motifs is 3. The molecule has 1 aromatic heterocycles. The van der Waals surface area contributed by atoms with E-state index >= 15 is 0 Å². The summed E-state index contributed by atoms with van der Waals surface area (Å²) in [5.74, 6) is 6.19. The van der Waals surface area contributed by atoms with Gasteiger partial charge in [-0.1, -0.05) is 17.9 Å². The molecule has 4 rings (SSSR count). The molecule has 1 aliphatic carbocycles. The Hall–Kier alpha value is -2.97. The van der Waals surface area contributed by atoms with Crippen molar-refractivity contribution < 1.29 is 9.15 Å². The molecular formula is C19H13NO4. The normalized spacial score (nSPS) is 15.0. The van der Waals surface area contributed by atoms with Crippen LogP contribution < -0.4 is 5.63 Å². The molecule has 1 aliphatic rings. The predicted octanol–water partition coefficient (Wildman–Crippen LogP) is 3.87. The standard InChI is InChI=1S/C19H13NO4/c1-23-19(8-9-19)7-6-12-2-4-14-15-5-3-13(20-22)11-17(15)24-18(21)16(14)10-12/h2-5,10-11H,8-9H2,1H3. The molecule has 0 unspecified atom stereocenters. The highest BCUT2D eigenvalue weighted by atomic mass is 16.5. The van der Waals surface area contributed by atoms with Crippen LogP contribution in [0, 0.1) is 16.7 Å². The molecule has 0 spiro atoms. The van der Waals surface area contributed by atoms with E-state index in [2.05, 4.69) is 17.0 Å². The largest absolute Gasteiger partial charge is 0.422 e. The highest BCUT2D eigenvalue weighted by Crippen LogP contribution is 2.38. The summed E-state index contributed by atoms with van der Waals surface area (Å²) in [5, 5.41) is 4.84. The van der Waals surface area contributed by atoms with E-state index in [0.717, 1.165) is 29.2 Å². The fraction of sp³-hybridized carbons (Fsp3) is 0.211. The first-order chi connectivity index (χ1) is 11.6. The van der Waals surface area contributed by atoms with Gasteiger partial charge in [0.2, 0.25) is 0 Å². The number of hydrogen-bond acceptors (Lipinski definition) is 5. The molecule has 5 heteroatoms. The van der Waals surface area contributed by atoms with E-state index in [9.17, 15) is 9.70 Å². The van der Waals surface area contributed by atoms with E-state index in [1.54, 1.807) is 25.3 Å². The maximum absolute atomic E-state index is 12.3. The molecule has 0 saturated heterocycles. The van der Waals surface area contributed by atoms with Crippen LogP contribution in [0.3, 0.4) is 0 Å². The Morgan fingerprint density at radius 3 is 2.62 bits per heavy atom. The minimum Gasteiger partial charge on any atom is -0.422 e. The molecule has 1 fully saturated rings. The summed E-state index contributed by atoms with van der Waals surface area (Å²) in [7, 11) is 1.66. The molecular weight excluding hydrogens is 306 g/mol. The number of nitroso groups, excluding NO2 is 1. The SMILES string of the molecule is COC1(C#Cc2ccc3c(c2)c(=O)oc2cc(N=O)ccc23)CC1. The van der Waals surface area contributed by atoms with Crippen LogP contribution in [0.4, 0.5) is 5.69 Å². The van der Waals surface area contributed by atoms with Crippen LogP contribution in [-0.4, -0.2) is 12.7 Å². The van der Waals surface area contributed by atoms with Crippen molar-refractivity contribution >= 4 is 27.4 Å². The number of benzene rings is 2. The average molecular weight is 319 g/mol. The minimum absolute atomic E-state index is 0.224. The second kappa shape index (κ2) is 5.29. The maximum atomic E-state index is 12.3. The van der Waals surface area contributed by atoms with E-state index in [0.29, 0.717) is 11.0 Å². The lowest BCUT2D eigenvalue weighted by atomic mass is 10.0. The number of hydrogen-bond donors (Lipinski definition) is 0. The Morgan fingerprint density at radius 1 is 1.12 bits per heavy atom. The van der Waals surface area contributed by atoms with Gasteiger partial charge in [0.1, 0.15) is 16.9 Å². The fourth-order valence-corrected chi connectivity index (χ4v) is 2.74. The number of methoxy groups -OCH3 is 1. The van der Waals surface area contributed by atoms with Crippen molar-refractivity contribution in [2.45, 2.75) is 18.4 Å². The van der Waals surface area contributed by atoms with E-state index in [-0.39, 0.29) is 11.3 Å². The van der Waals surface area contributed by atoms with Crippen molar-refractivity contribution in [1.82, 2.24) is 0 Å². The molecule has 0 atom stereocenters. The lowest BCUT2D eigenvalue weighted by Crippen LogP contribution is -2.06. The first kappa shape index (κ1) is 14.6. The summed E-state index contributed by atoms with van der Waals surface area (Å²) in [5.41, 5.74) is 0.531. The molecule has 1 saturated carbocycles. The van der Waals surface area contributed by atoms with Gasteiger partial charge in [-0.3, -0.25) is 0 Å². The molecule has 0 radical (unpaired) electrons. The highest BCUT2D eigenvalue weighted by molar-refractivity contribution is 6.05. The van der Waals surface area contributed by atoms with E-state index in [1.165, 1.54) is 6.07 Å². The summed E-state index contributed by atoms with van der Waals surface area (Å²) < 4.78 is 10.7. The van der Waals surface area contributed by atoms with Crippen LogP contribution in [-0.2, 0) is 4.74 Å². The van der Waals surface area contributed by atoms with Gasteiger partial charge in [0, 0.05) is 29.5 Å². The minimum atomic E-state index is -0.461. The predicted molar refractivity (Wildman–Crippen MR) is 91.3 cm³/mol. The molecule has 0 aliphatic heterocycles. The van der Waals surface area contributed by atoms with Crippen molar-refractivity contribution in [3.63, 3.8) is 0 Å². The molecule has 24 heavy (non-hydrogen) atoms. The molecule has 0 N–H and O–H groups in total. The fourth-order valence-electron chi connectivity index (χ4n) is 2.74. The molecule has 118 valence electrons. The summed E-state index contributed by atoms with van der Waals surface area (Å²) in [6.07, 6.45) is 1.87. The Kier molecular flexibility index (Phi) is 3.22. The summed E-state index contributed by atoms with van der Waals surface area (Å²) in [6, 6.07) is 10.2. The first-order valence-corrected chi connectivity index (χ1v) is 7.56. The van der Waals surface area contributed by atoms with Crippen LogP contribution in [0.25, 0.3) is 21.7 Å². The van der Waals surface area contributed by atoms with Crippen molar-refractivity contribution in [3.05, 3.63) is 57.3 Å². The highest BCUT2D eigenvalue weighted by Gasteiger charge is 2.41. The zero-order valence-electron chi connectivity index (χ0n) is 13.0. The smallest absolute Gasteiger partial charge is 0.344 e.